The van der Waals surface area contributed by atoms with E-state index in [1.165, 1.54) is 11.3 Å². The van der Waals surface area contributed by atoms with Crippen molar-refractivity contribution in [3.05, 3.63) is 22.4 Å². The summed E-state index contributed by atoms with van der Waals surface area (Å²) in [6, 6.07) is 3.17. The van der Waals surface area contributed by atoms with Crippen LogP contribution in [0.25, 0.3) is 0 Å². The molecule has 1 aromatic heterocycles. The van der Waals surface area contributed by atoms with Gasteiger partial charge in [0.2, 0.25) is 5.91 Å². The Morgan fingerprint density at radius 2 is 2.47 bits per heavy atom. The standard InChI is InChI=1S/C12H18N2O2S/c1-8-4-5-14(7-9(8)15)12(16)11(13)10-3-2-6-17-10/h2-3,6,8-9,11,15H,4-5,7,13H2,1H3. The summed E-state index contributed by atoms with van der Waals surface area (Å²) in [5, 5.41) is 11.7. The predicted octanol–water partition coefficient (Wildman–Crippen LogP) is 0.977. The first-order valence-corrected chi connectivity index (χ1v) is 6.73. The molecule has 1 aliphatic heterocycles. The number of amides is 1. The average molecular weight is 254 g/mol. The number of likely N-dealkylation sites (tertiary alicyclic amines) is 1. The minimum atomic E-state index is -0.587. The molecule has 3 N–H and O–H groups in total. The van der Waals surface area contributed by atoms with Crippen LogP contribution in [0.15, 0.2) is 17.5 Å². The molecule has 4 nitrogen and oxygen atoms in total. The van der Waals surface area contributed by atoms with Gasteiger partial charge in [0.15, 0.2) is 0 Å². The summed E-state index contributed by atoms with van der Waals surface area (Å²) in [7, 11) is 0. The molecule has 0 radical (unpaired) electrons. The first-order chi connectivity index (χ1) is 8.09. The highest BCUT2D eigenvalue weighted by Gasteiger charge is 2.30. The lowest BCUT2D eigenvalue weighted by molar-refractivity contribution is -0.136. The Morgan fingerprint density at radius 3 is 3.06 bits per heavy atom. The van der Waals surface area contributed by atoms with Crippen molar-refractivity contribution in [3.8, 4) is 0 Å². The molecule has 2 heterocycles. The molecule has 1 saturated heterocycles. The summed E-state index contributed by atoms with van der Waals surface area (Å²) in [5.74, 6) is 0.176. The van der Waals surface area contributed by atoms with Crippen molar-refractivity contribution in [1.29, 1.82) is 0 Å². The lowest BCUT2D eigenvalue weighted by Gasteiger charge is -2.35. The van der Waals surface area contributed by atoms with E-state index in [1.54, 1.807) is 4.90 Å². The fourth-order valence-corrected chi connectivity index (χ4v) is 2.75. The Labute approximate surface area is 105 Å². The molecule has 0 bridgehead atoms. The number of aliphatic hydroxyl groups is 1. The summed E-state index contributed by atoms with van der Waals surface area (Å²) >= 11 is 1.49. The molecule has 1 fully saturated rings. The molecule has 0 aliphatic carbocycles. The third-order valence-electron chi connectivity index (χ3n) is 3.35. The summed E-state index contributed by atoms with van der Waals surface area (Å²) in [4.78, 5) is 14.7. The highest BCUT2D eigenvalue weighted by Crippen LogP contribution is 2.22. The summed E-state index contributed by atoms with van der Waals surface area (Å²) < 4.78 is 0. The molecule has 3 atom stereocenters. The molecule has 0 saturated carbocycles. The predicted molar refractivity (Wildman–Crippen MR) is 67.6 cm³/mol. The van der Waals surface area contributed by atoms with Crippen LogP contribution < -0.4 is 5.73 Å². The molecule has 1 aromatic rings. The Bertz CT molecular complexity index is 380. The molecular weight excluding hydrogens is 236 g/mol. The molecule has 17 heavy (non-hydrogen) atoms. The lowest BCUT2D eigenvalue weighted by atomic mass is 9.95. The van der Waals surface area contributed by atoms with E-state index in [4.69, 9.17) is 5.73 Å². The number of nitrogens with zero attached hydrogens (tertiary/aromatic N) is 1. The zero-order valence-electron chi connectivity index (χ0n) is 9.87. The third-order valence-corrected chi connectivity index (χ3v) is 4.30. The van der Waals surface area contributed by atoms with Gasteiger partial charge in [-0.3, -0.25) is 4.79 Å². The zero-order chi connectivity index (χ0) is 12.4. The van der Waals surface area contributed by atoms with Gasteiger partial charge in [0.1, 0.15) is 6.04 Å². The van der Waals surface area contributed by atoms with Crippen LogP contribution in [0.3, 0.4) is 0 Å². The Hall–Kier alpha value is -0.910. The Balaban J connectivity index is 2.01. The summed E-state index contributed by atoms with van der Waals surface area (Å²) in [5.41, 5.74) is 5.93. The minimum absolute atomic E-state index is 0.0848. The van der Waals surface area contributed by atoms with E-state index < -0.39 is 12.1 Å². The fraction of sp³-hybridized carbons (Fsp3) is 0.583. The lowest BCUT2D eigenvalue weighted by Crippen LogP contribution is -2.48. The maximum Gasteiger partial charge on any atom is 0.245 e. The normalized spacial score (nSPS) is 26.9. The van der Waals surface area contributed by atoms with Crippen LogP contribution in [0, 0.1) is 5.92 Å². The highest BCUT2D eigenvalue weighted by atomic mass is 32.1. The van der Waals surface area contributed by atoms with Crippen molar-refractivity contribution < 1.29 is 9.90 Å². The van der Waals surface area contributed by atoms with E-state index in [-0.39, 0.29) is 11.8 Å². The average Bonchev–Trinajstić information content (AvgIpc) is 2.84. The van der Waals surface area contributed by atoms with Gasteiger partial charge < -0.3 is 15.7 Å². The van der Waals surface area contributed by atoms with Gasteiger partial charge in [0, 0.05) is 18.0 Å². The Kier molecular flexibility index (Phi) is 3.81. The van der Waals surface area contributed by atoms with Gasteiger partial charge in [-0.05, 0) is 23.8 Å². The number of hydrogen-bond donors (Lipinski definition) is 2. The van der Waals surface area contributed by atoms with Crippen LogP contribution in [0.4, 0.5) is 0 Å². The minimum Gasteiger partial charge on any atom is -0.391 e. The maximum atomic E-state index is 12.1. The maximum absolute atomic E-state index is 12.1. The van der Waals surface area contributed by atoms with Gasteiger partial charge in [0.05, 0.1) is 6.10 Å². The van der Waals surface area contributed by atoms with Gasteiger partial charge in [-0.25, -0.2) is 0 Å². The van der Waals surface area contributed by atoms with Crippen molar-refractivity contribution >= 4 is 17.2 Å². The molecule has 1 aliphatic rings. The highest BCUT2D eigenvalue weighted by molar-refractivity contribution is 7.10. The van der Waals surface area contributed by atoms with Crippen LogP contribution in [0.1, 0.15) is 24.3 Å². The summed E-state index contributed by atoms with van der Waals surface area (Å²) in [6.07, 6.45) is 0.410. The smallest absolute Gasteiger partial charge is 0.245 e. The first-order valence-electron chi connectivity index (χ1n) is 5.85. The van der Waals surface area contributed by atoms with Crippen molar-refractivity contribution in [3.63, 3.8) is 0 Å². The van der Waals surface area contributed by atoms with Gasteiger partial charge in [0.25, 0.3) is 0 Å². The number of carbonyl (C=O) groups excluding carboxylic acids is 1. The number of carbonyl (C=O) groups is 1. The van der Waals surface area contributed by atoms with Crippen LogP contribution in [-0.4, -0.2) is 35.1 Å². The van der Waals surface area contributed by atoms with E-state index in [0.29, 0.717) is 13.1 Å². The van der Waals surface area contributed by atoms with E-state index >= 15 is 0 Å². The molecular formula is C12H18N2O2S. The largest absolute Gasteiger partial charge is 0.391 e. The molecule has 1 amide bonds. The molecule has 5 heteroatoms. The van der Waals surface area contributed by atoms with E-state index in [1.807, 2.05) is 24.4 Å². The van der Waals surface area contributed by atoms with Gasteiger partial charge in [-0.1, -0.05) is 13.0 Å². The third kappa shape index (κ3) is 2.68. The SMILES string of the molecule is CC1CCN(C(=O)C(N)c2cccs2)CC1O. The fourth-order valence-electron chi connectivity index (χ4n) is 2.04. The van der Waals surface area contributed by atoms with E-state index in [0.717, 1.165) is 11.3 Å². The number of β-amino-alcohol motifs (C(OH)–C–C–N with tert-alkyl or cyclic N) is 1. The number of aliphatic hydroxyl groups excluding tert-OH is 1. The quantitative estimate of drug-likeness (QED) is 0.826. The van der Waals surface area contributed by atoms with Crippen molar-refractivity contribution in [2.75, 3.05) is 13.1 Å². The number of hydrogen-bond acceptors (Lipinski definition) is 4. The van der Waals surface area contributed by atoms with Crippen molar-refractivity contribution in [2.45, 2.75) is 25.5 Å². The molecule has 94 valence electrons. The van der Waals surface area contributed by atoms with Gasteiger partial charge in [-0.2, -0.15) is 0 Å². The molecule has 3 unspecified atom stereocenters. The van der Waals surface area contributed by atoms with Crippen molar-refractivity contribution in [2.24, 2.45) is 11.7 Å². The molecule has 2 rings (SSSR count). The number of nitrogens with two attached hydrogens (primary N) is 1. The second-order valence-corrected chi connectivity index (χ2v) is 5.59. The number of thiophene rings is 1. The molecule has 0 aromatic carbocycles. The van der Waals surface area contributed by atoms with E-state index in [9.17, 15) is 9.90 Å². The van der Waals surface area contributed by atoms with E-state index in [2.05, 4.69) is 0 Å². The van der Waals surface area contributed by atoms with Crippen LogP contribution in [0.5, 0.6) is 0 Å². The number of rotatable bonds is 2. The van der Waals surface area contributed by atoms with Gasteiger partial charge in [-0.15, -0.1) is 11.3 Å². The zero-order valence-corrected chi connectivity index (χ0v) is 10.7. The summed E-state index contributed by atoms with van der Waals surface area (Å²) in [6.45, 7) is 3.10. The first kappa shape index (κ1) is 12.5. The van der Waals surface area contributed by atoms with Gasteiger partial charge >= 0.3 is 0 Å². The Morgan fingerprint density at radius 1 is 1.71 bits per heavy atom. The van der Waals surface area contributed by atoms with Crippen molar-refractivity contribution in [1.82, 2.24) is 4.90 Å². The van der Waals surface area contributed by atoms with Crippen LogP contribution in [-0.2, 0) is 4.79 Å². The van der Waals surface area contributed by atoms with Crippen LogP contribution in [0.2, 0.25) is 0 Å². The topological polar surface area (TPSA) is 66.6 Å². The van der Waals surface area contributed by atoms with Crippen LogP contribution >= 0.6 is 11.3 Å². The second-order valence-electron chi connectivity index (χ2n) is 4.61. The number of piperidine rings is 1. The molecule has 0 spiro atoms. The monoisotopic (exact) mass is 254 g/mol. The second kappa shape index (κ2) is 5.16.